The van der Waals surface area contributed by atoms with Crippen LogP contribution in [0.1, 0.15) is 64.4 Å². The van der Waals surface area contributed by atoms with E-state index in [-0.39, 0.29) is 11.9 Å². The lowest BCUT2D eigenvalue weighted by atomic mass is 10.0. The molecule has 1 aliphatic heterocycles. The molecule has 0 spiro atoms. The number of carbonyl (C=O) groups excluding carboxylic acids is 1. The summed E-state index contributed by atoms with van der Waals surface area (Å²) in [6.07, 6.45) is 10.1. The molecule has 0 saturated carbocycles. The van der Waals surface area contributed by atoms with E-state index in [0.29, 0.717) is 0 Å². The maximum atomic E-state index is 12.7. The number of allylic oxidation sites excluding steroid dienone is 1. The zero-order valence-electron chi connectivity index (χ0n) is 18.1. The van der Waals surface area contributed by atoms with Gasteiger partial charge in [-0.05, 0) is 48.6 Å². The molecule has 29 heavy (non-hydrogen) atoms. The van der Waals surface area contributed by atoms with Gasteiger partial charge in [0.05, 0.1) is 0 Å². The minimum absolute atomic E-state index is 0.139. The summed E-state index contributed by atoms with van der Waals surface area (Å²) < 4.78 is 0. The van der Waals surface area contributed by atoms with Crippen molar-refractivity contribution in [2.75, 3.05) is 13.1 Å². The maximum Gasteiger partial charge on any atom is 0.247 e. The minimum Gasteiger partial charge on any atom is -0.348 e. The average molecular weight is 393 g/mol. The molecule has 1 saturated heterocycles. The lowest BCUT2D eigenvalue weighted by Gasteiger charge is -2.18. The Hall–Kier alpha value is -2.13. The Morgan fingerprint density at radius 2 is 1.90 bits per heavy atom. The molecule has 1 unspecified atom stereocenters. The standard InChI is InChI=1S/C26H36N2O/c1-3-5-6-7-8-11-22(4-2)26(29)27-25-16-17-28(20-25)19-21-14-15-23-12-9-10-13-24(23)18-21/h4,9-10,12-15,18,25H,3,5-8,11,16-17,19-20H2,1-2H3,(H,27,29). The Morgan fingerprint density at radius 3 is 2.69 bits per heavy atom. The molecular formula is C26H36N2O. The van der Waals surface area contributed by atoms with Crippen molar-refractivity contribution < 1.29 is 4.79 Å². The van der Waals surface area contributed by atoms with E-state index >= 15 is 0 Å². The van der Waals surface area contributed by atoms with Crippen molar-refractivity contribution >= 4 is 16.7 Å². The maximum absolute atomic E-state index is 12.7. The molecule has 3 heteroatoms. The second kappa shape index (κ2) is 11.2. The van der Waals surface area contributed by atoms with Crippen molar-refractivity contribution in [1.82, 2.24) is 10.2 Å². The number of hydrogen-bond donors (Lipinski definition) is 1. The Bertz CT molecular complexity index is 826. The van der Waals surface area contributed by atoms with E-state index in [4.69, 9.17) is 0 Å². The molecule has 3 nitrogen and oxygen atoms in total. The number of unbranched alkanes of at least 4 members (excludes halogenated alkanes) is 4. The largest absolute Gasteiger partial charge is 0.348 e. The third-order valence-corrected chi connectivity index (χ3v) is 6.02. The SMILES string of the molecule is CC=C(CCCCCCC)C(=O)NC1CCN(Cc2ccc3ccccc3c2)C1. The first-order valence-electron chi connectivity index (χ1n) is 11.4. The van der Waals surface area contributed by atoms with Crippen LogP contribution < -0.4 is 5.32 Å². The van der Waals surface area contributed by atoms with E-state index in [1.54, 1.807) is 0 Å². The first-order chi connectivity index (χ1) is 14.2. The fourth-order valence-corrected chi connectivity index (χ4v) is 4.28. The molecular weight excluding hydrogens is 356 g/mol. The van der Waals surface area contributed by atoms with E-state index in [1.807, 2.05) is 13.0 Å². The summed E-state index contributed by atoms with van der Waals surface area (Å²) in [5, 5.41) is 5.86. The number of likely N-dealkylation sites (tertiary alicyclic amines) is 1. The second-order valence-corrected chi connectivity index (χ2v) is 8.35. The molecule has 2 aromatic carbocycles. The molecule has 1 amide bonds. The number of fused-ring (bicyclic) bond motifs is 1. The lowest BCUT2D eigenvalue weighted by Crippen LogP contribution is -2.37. The smallest absolute Gasteiger partial charge is 0.247 e. The molecule has 2 aromatic rings. The second-order valence-electron chi connectivity index (χ2n) is 8.35. The van der Waals surface area contributed by atoms with Crippen LogP contribution in [0.25, 0.3) is 10.8 Å². The molecule has 156 valence electrons. The number of nitrogens with zero attached hydrogens (tertiary/aromatic N) is 1. The average Bonchev–Trinajstić information content (AvgIpc) is 3.17. The van der Waals surface area contributed by atoms with Gasteiger partial charge in [-0.15, -0.1) is 0 Å². The van der Waals surface area contributed by atoms with Gasteiger partial charge in [0.15, 0.2) is 0 Å². The van der Waals surface area contributed by atoms with Crippen molar-refractivity contribution in [2.24, 2.45) is 0 Å². The number of benzene rings is 2. The molecule has 3 rings (SSSR count). The van der Waals surface area contributed by atoms with Gasteiger partial charge in [-0.3, -0.25) is 9.69 Å². The van der Waals surface area contributed by atoms with Crippen molar-refractivity contribution in [3.8, 4) is 0 Å². The number of carbonyl (C=O) groups is 1. The Balaban J connectivity index is 1.45. The van der Waals surface area contributed by atoms with E-state index in [1.165, 1.54) is 42.0 Å². The monoisotopic (exact) mass is 392 g/mol. The Kier molecular flexibility index (Phi) is 8.30. The van der Waals surface area contributed by atoms with Crippen LogP contribution in [0.4, 0.5) is 0 Å². The molecule has 1 atom stereocenters. The number of amides is 1. The van der Waals surface area contributed by atoms with Crippen molar-refractivity contribution in [1.29, 1.82) is 0 Å². The van der Waals surface area contributed by atoms with E-state index < -0.39 is 0 Å². The molecule has 1 aliphatic rings. The number of rotatable bonds is 10. The van der Waals surface area contributed by atoms with E-state index in [9.17, 15) is 4.79 Å². The van der Waals surface area contributed by atoms with E-state index in [2.05, 4.69) is 59.6 Å². The predicted octanol–water partition coefficient (Wildman–Crippen LogP) is 5.84. The summed E-state index contributed by atoms with van der Waals surface area (Å²) >= 11 is 0. The zero-order valence-corrected chi connectivity index (χ0v) is 18.1. The summed E-state index contributed by atoms with van der Waals surface area (Å²) in [7, 11) is 0. The first kappa shape index (κ1) is 21.6. The first-order valence-corrected chi connectivity index (χ1v) is 11.4. The van der Waals surface area contributed by atoms with Crippen LogP contribution in [-0.4, -0.2) is 29.9 Å². The topological polar surface area (TPSA) is 32.3 Å². The Morgan fingerprint density at radius 1 is 1.10 bits per heavy atom. The Labute approximate surface area is 176 Å². The minimum atomic E-state index is 0.139. The van der Waals surface area contributed by atoms with Crippen LogP contribution >= 0.6 is 0 Å². The van der Waals surface area contributed by atoms with Crippen LogP contribution in [-0.2, 0) is 11.3 Å². The van der Waals surface area contributed by atoms with Crippen LogP contribution in [0.3, 0.4) is 0 Å². The van der Waals surface area contributed by atoms with Gasteiger partial charge in [0.2, 0.25) is 5.91 Å². The van der Waals surface area contributed by atoms with Gasteiger partial charge in [-0.2, -0.15) is 0 Å². The van der Waals surface area contributed by atoms with Gasteiger partial charge < -0.3 is 5.32 Å². The summed E-state index contributed by atoms with van der Waals surface area (Å²) in [6, 6.07) is 15.5. The van der Waals surface area contributed by atoms with Gasteiger partial charge in [0, 0.05) is 31.2 Å². The lowest BCUT2D eigenvalue weighted by molar-refractivity contribution is -0.118. The number of nitrogens with one attached hydrogen (secondary N) is 1. The van der Waals surface area contributed by atoms with Gasteiger partial charge in [-0.25, -0.2) is 0 Å². The molecule has 0 aliphatic carbocycles. The highest BCUT2D eigenvalue weighted by molar-refractivity contribution is 5.93. The van der Waals surface area contributed by atoms with Gasteiger partial charge >= 0.3 is 0 Å². The zero-order chi connectivity index (χ0) is 20.5. The summed E-state index contributed by atoms with van der Waals surface area (Å²) in [6.45, 7) is 7.15. The van der Waals surface area contributed by atoms with Gasteiger partial charge in [0.25, 0.3) is 0 Å². The summed E-state index contributed by atoms with van der Waals surface area (Å²) in [5.74, 6) is 0.139. The highest BCUT2D eigenvalue weighted by Gasteiger charge is 2.24. The van der Waals surface area contributed by atoms with Gasteiger partial charge in [-0.1, -0.05) is 75.1 Å². The molecule has 0 aromatic heterocycles. The molecule has 1 fully saturated rings. The molecule has 1 heterocycles. The quantitative estimate of drug-likeness (QED) is 0.407. The van der Waals surface area contributed by atoms with Crippen molar-refractivity contribution in [2.45, 2.75) is 71.4 Å². The highest BCUT2D eigenvalue weighted by atomic mass is 16.1. The third kappa shape index (κ3) is 6.43. The fourth-order valence-electron chi connectivity index (χ4n) is 4.28. The fraction of sp³-hybridized carbons (Fsp3) is 0.500. The van der Waals surface area contributed by atoms with Gasteiger partial charge in [0.1, 0.15) is 0 Å². The molecule has 1 N–H and O–H groups in total. The number of hydrogen-bond acceptors (Lipinski definition) is 2. The normalized spacial score (nSPS) is 17.7. The highest BCUT2D eigenvalue weighted by Crippen LogP contribution is 2.19. The predicted molar refractivity (Wildman–Crippen MR) is 123 cm³/mol. The summed E-state index contributed by atoms with van der Waals surface area (Å²) in [4.78, 5) is 15.1. The molecule has 0 radical (unpaired) electrons. The summed E-state index contributed by atoms with van der Waals surface area (Å²) in [5.41, 5.74) is 2.30. The van der Waals surface area contributed by atoms with Crippen molar-refractivity contribution in [3.05, 3.63) is 59.7 Å². The van der Waals surface area contributed by atoms with Crippen LogP contribution in [0.2, 0.25) is 0 Å². The van der Waals surface area contributed by atoms with Crippen molar-refractivity contribution in [3.63, 3.8) is 0 Å². The van der Waals surface area contributed by atoms with Crippen LogP contribution in [0, 0.1) is 0 Å². The third-order valence-electron chi connectivity index (χ3n) is 6.02. The van der Waals surface area contributed by atoms with Crippen LogP contribution in [0.5, 0.6) is 0 Å². The van der Waals surface area contributed by atoms with E-state index in [0.717, 1.165) is 44.5 Å². The molecule has 0 bridgehead atoms. The van der Waals surface area contributed by atoms with Crippen LogP contribution in [0.15, 0.2) is 54.1 Å².